The number of rotatable bonds is 4. The van der Waals surface area contributed by atoms with Crippen LogP contribution in [0.5, 0.6) is 0 Å². The van der Waals surface area contributed by atoms with Crippen molar-refractivity contribution >= 4 is 57.6 Å². The minimum absolute atomic E-state index is 0.356. The molecule has 44 heavy (non-hydrogen) atoms. The Kier molecular flexibility index (Phi) is 6.65. The van der Waals surface area contributed by atoms with Crippen LogP contribution in [0.1, 0.15) is 18.1 Å². The Morgan fingerprint density at radius 3 is 1.52 bits per heavy atom. The normalized spacial score (nSPS) is 27.6. The van der Waals surface area contributed by atoms with E-state index in [9.17, 15) is 19.2 Å². The highest BCUT2D eigenvalue weighted by Crippen LogP contribution is 2.45. The van der Waals surface area contributed by atoms with E-state index in [1.807, 2.05) is 108 Å². The highest BCUT2D eigenvalue weighted by molar-refractivity contribution is 14.1. The van der Waals surface area contributed by atoms with Gasteiger partial charge in [-0.25, -0.2) is 0 Å². The van der Waals surface area contributed by atoms with Crippen molar-refractivity contribution in [1.29, 1.82) is 0 Å². The standard InChI is InChI=1S/C35H27IN4O4/c1-34(30(41)37-22-10-8-16-28(37)39(31(34)42)26-12-4-2-5-13-26)24-18-20-25(21-19-24)35(36)32(43)38-23-11-9-17-29(38)40(33(35)44)27-14-6-3-7-15-27/h2-23,28-29H,1H3. The monoisotopic (exact) mass is 694 g/mol. The number of carbonyl (C=O) groups excluding carboxylic acids is 4. The van der Waals surface area contributed by atoms with Gasteiger partial charge in [0.1, 0.15) is 12.3 Å². The molecule has 0 bridgehead atoms. The number of halogens is 1. The summed E-state index contributed by atoms with van der Waals surface area (Å²) in [6.45, 7) is 1.63. The van der Waals surface area contributed by atoms with Crippen molar-refractivity contribution in [3.8, 4) is 0 Å². The van der Waals surface area contributed by atoms with Crippen LogP contribution in [-0.4, -0.2) is 45.8 Å². The minimum Gasteiger partial charge on any atom is -0.293 e. The number of anilines is 2. The summed E-state index contributed by atoms with van der Waals surface area (Å²) in [6, 6.07) is 25.3. The van der Waals surface area contributed by atoms with E-state index in [1.165, 1.54) is 0 Å². The first kappa shape index (κ1) is 28.0. The van der Waals surface area contributed by atoms with E-state index in [-0.39, 0.29) is 23.6 Å². The second kappa shape index (κ2) is 10.4. The van der Waals surface area contributed by atoms with Gasteiger partial charge in [-0.1, -0.05) is 95.4 Å². The lowest BCUT2D eigenvalue weighted by Gasteiger charge is -2.49. The summed E-state index contributed by atoms with van der Waals surface area (Å²) in [7, 11) is 0. The average Bonchev–Trinajstić information content (AvgIpc) is 3.07. The van der Waals surface area contributed by atoms with Gasteiger partial charge in [-0.2, -0.15) is 0 Å². The van der Waals surface area contributed by atoms with Crippen molar-refractivity contribution in [2.45, 2.75) is 28.1 Å². The Labute approximate surface area is 268 Å². The third-order valence-corrected chi connectivity index (χ3v) is 10.2. The maximum Gasteiger partial charge on any atom is 0.259 e. The third kappa shape index (κ3) is 3.95. The van der Waals surface area contributed by atoms with E-state index >= 15 is 0 Å². The maximum atomic E-state index is 14.3. The number of allylic oxidation sites excluding steroid dienone is 4. The molecule has 4 aliphatic heterocycles. The van der Waals surface area contributed by atoms with Gasteiger partial charge in [-0.05, 0) is 66.6 Å². The largest absolute Gasteiger partial charge is 0.293 e. The fraction of sp³-hybridized carbons (Fsp3) is 0.143. The van der Waals surface area contributed by atoms with Crippen LogP contribution in [-0.2, 0) is 28.0 Å². The second-order valence-corrected chi connectivity index (χ2v) is 12.7. The molecule has 8 nitrogen and oxygen atoms in total. The van der Waals surface area contributed by atoms with Crippen LogP contribution < -0.4 is 9.80 Å². The molecule has 2 saturated heterocycles. The van der Waals surface area contributed by atoms with Gasteiger partial charge >= 0.3 is 0 Å². The SMILES string of the molecule is CC1(c2ccc(C3(I)C(=O)N4C=CC=CC4N(c4ccccc4)C3=O)cc2)C(=O)N2C=CC=CC2N(c2ccccc2)C1=O. The molecule has 0 radical (unpaired) electrons. The van der Waals surface area contributed by atoms with Crippen LogP contribution in [0.4, 0.5) is 11.4 Å². The zero-order valence-corrected chi connectivity index (χ0v) is 25.8. The van der Waals surface area contributed by atoms with E-state index in [4.69, 9.17) is 0 Å². The lowest BCUT2D eigenvalue weighted by Crippen LogP contribution is -2.67. The Morgan fingerprint density at radius 1 is 0.545 bits per heavy atom. The summed E-state index contributed by atoms with van der Waals surface area (Å²) in [5, 5.41) is 0. The van der Waals surface area contributed by atoms with Crippen molar-refractivity contribution in [1.82, 2.24) is 9.80 Å². The lowest BCUT2D eigenvalue weighted by molar-refractivity contribution is -0.147. The van der Waals surface area contributed by atoms with Crippen molar-refractivity contribution in [2.75, 3.05) is 9.80 Å². The molecule has 0 saturated carbocycles. The summed E-state index contributed by atoms with van der Waals surface area (Å²) in [5.74, 6) is -1.46. The maximum absolute atomic E-state index is 14.3. The first-order valence-corrected chi connectivity index (χ1v) is 15.3. The van der Waals surface area contributed by atoms with Crippen LogP contribution in [0.25, 0.3) is 0 Å². The Morgan fingerprint density at radius 2 is 1.00 bits per heavy atom. The van der Waals surface area contributed by atoms with Gasteiger partial charge < -0.3 is 0 Å². The van der Waals surface area contributed by atoms with Crippen LogP contribution in [0.15, 0.2) is 134 Å². The van der Waals surface area contributed by atoms with Crippen LogP contribution in [0.2, 0.25) is 0 Å². The molecule has 0 aromatic heterocycles. The zero-order chi connectivity index (χ0) is 30.6. The highest BCUT2D eigenvalue weighted by atomic mass is 127. The fourth-order valence-corrected chi connectivity index (χ4v) is 7.18. The first-order valence-electron chi connectivity index (χ1n) is 14.2. The molecule has 4 aliphatic rings. The molecule has 3 aromatic rings. The Bertz CT molecular complexity index is 1670. The highest BCUT2D eigenvalue weighted by Gasteiger charge is 2.58. The molecule has 0 N–H and O–H groups in total. The molecule has 3 aromatic carbocycles. The predicted molar refractivity (Wildman–Crippen MR) is 175 cm³/mol. The number of fused-ring (bicyclic) bond motifs is 2. The second-order valence-electron chi connectivity index (χ2n) is 11.1. The van der Waals surface area contributed by atoms with Crippen LogP contribution in [0.3, 0.4) is 0 Å². The van der Waals surface area contributed by atoms with Crippen molar-refractivity contribution in [2.24, 2.45) is 0 Å². The number of carbonyl (C=O) groups is 4. The molecule has 2 fully saturated rings. The smallest absolute Gasteiger partial charge is 0.259 e. The van der Waals surface area contributed by atoms with Crippen LogP contribution in [0, 0.1) is 0 Å². The summed E-state index contributed by atoms with van der Waals surface area (Å²) >= 11 is 1.94. The topological polar surface area (TPSA) is 81.2 Å². The van der Waals surface area contributed by atoms with E-state index in [2.05, 4.69) is 0 Å². The molecule has 9 heteroatoms. The van der Waals surface area contributed by atoms with Crippen LogP contribution >= 0.6 is 22.6 Å². The number of amides is 4. The quantitative estimate of drug-likeness (QED) is 0.215. The van der Waals surface area contributed by atoms with Gasteiger partial charge in [-0.15, -0.1) is 0 Å². The van der Waals surface area contributed by atoms with Gasteiger partial charge in [0.05, 0.1) is 0 Å². The number of hydrogen-bond donors (Lipinski definition) is 0. The Balaban J connectivity index is 1.30. The lowest BCUT2D eigenvalue weighted by atomic mass is 9.76. The van der Waals surface area contributed by atoms with Crippen molar-refractivity contribution < 1.29 is 19.2 Å². The number of hydrogen-bond acceptors (Lipinski definition) is 4. The first-order chi connectivity index (χ1) is 21.3. The molecule has 7 rings (SSSR count). The number of nitrogens with zero attached hydrogens (tertiary/aromatic N) is 4. The van der Waals surface area contributed by atoms with E-state index in [0.29, 0.717) is 22.5 Å². The van der Waals surface area contributed by atoms with Gasteiger partial charge in [-0.3, -0.25) is 38.8 Å². The molecular formula is C35H27IN4O4. The fourth-order valence-electron chi connectivity index (χ4n) is 6.28. The molecule has 4 amide bonds. The van der Waals surface area contributed by atoms with E-state index in [1.54, 1.807) is 75.3 Å². The minimum atomic E-state index is -1.58. The summed E-state index contributed by atoms with van der Waals surface area (Å²) in [5.41, 5.74) is 0.709. The van der Waals surface area contributed by atoms with Gasteiger partial charge in [0.2, 0.25) is 15.2 Å². The molecule has 4 heterocycles. The molecule has 0 spiro atoms. The predicted octanol–water partition coefficient (Wildman–Crippen LogP) is 5.14. The number of para-hydroxylation sites is 2. The molecule has 0 aliphatic carbocycles. The van der Waals surface area contributed by atoms with Gasteiger partial charge in [0.25, 0.3) is 11.8 Å². The Hall–Kier alpha value is -4.77. The summed E-state index contributed by atoms with van der Waals surface area (Å²) in [6.07, 6.45) is 13.0. The summed E-state index contributed by atoms with van der Waals surface area (Å²) in [4.78, 5) is 63.1. The molecule has 218 valence electrons. The average molecular weight is 695 g/mol. The van der Waals surface area contributed by atoms with Gasteiger partial charge in [0.15, 0.2) is 5.41 Å². The molecule has 4 unspecified atom stereocenters. The summed E-state index contributed by atoms with van der Waals surface area (Å²) < 4.78 is -1.58. The van der Waals surface area contributed by atoms with Crippen molar-refractivity contribution in [3.63, 3.8) is 0 Å². The zero-order valence-electron chi connectivity index (χ0n) is 23.7. The van der Waals surface area contributed by atoms with Gasteiger partial charge in [0, 0.05) is 23.8 Å². The molecule has 4 atom stereocenters. The third-order valence-electron chi connectivity index (χ3n) is 8.66. The van der Waals surface area contributed by atoms with E-state index < -0.39 is 21.2 Å². The van der Waals surface area contributed by atoms with Crippen molar-refractivity contribution in [3.05, 3.63) is 145 Å². The number of alkyl halides is 1. The van der Waals surface area contributed by atoms with E-state index in [0.717, 1.165) is 0 Å². The number of benzene rings is 3. The molecular weight excluding hydrogens is 667 g/mol.